The number of hydrogen-bond acceptors (Lipinski definition) is 10. The predicted molar refractivity (Wildman–Crippen MR) is 160 cm³/mol. The van der Waals surface area contributed by atoms with E-state index in [1.807, 2.05) is 12.1 Å². The molecule has 1 aromatic heterocycles. The maximum Gasteiger partial charge on any atom is 0.252 e. The predicted octanol–water partition coefficient (Wildman–Crippen LogP) is 1.52. The lowest BCUT2D eigenvalue weighted by molar-refractivity contribution is -0.143. The van der Waals surface area contributed by atoms with Crippen LogP contribution in [0.4, 0.5) is 5.13 Å². The number of rotatable bonds is 8. The van der Waals surface area contributed by atoms with Gasteiger partial charge in [0.25, 0.3) is 5.91 Å². The van der Waals surface area contributed by atoms with Crippen LogP contribution < -0.4 is 16.0 Å². The number of anilines is 1. The van der Waals surface area contributed by atoms with Crippen LogP contribution in [0.25, 0.3) is 11.3 Å². The summed E-state index contributed by atoms with van der Waals surface area (Å²) in [4.78, 5) is 51.2. The van der Waals surface area contributed by atoms with Crippen molar-refractivity contribution in [2.75, 3.05) is 64.5 Å². The number of hydrogen-bond donors (Lipinski definition) is 2. The zero-order valence-corrected chi connectivity index (χ0v) is 24.9. The third-order valence-corrected chi connectivity index (χ3v) is 10.0. The van der Waals surface area contributed by atoms with Crippen molar-refractivity contribution in [1.82, 2.24) is 20.1 Å². The van der Waals surface area contributed by atoms with Crippen molar-refractivity contribution in [2.24, 2.45) is 5.73 Å². The van der Waals surface area contributed by atoms with Crippen LogP contribution in [0.15, 0.2) is 29.6 Å². The zero-order chi connectivity index (χ0) is 29.3. The molecular weight excluding hydrogens is 556 g/mol. The number of fused-ring (bicyclic) bond motifs is 1. The molecule has 12 heteroatoms. The van der Waals surface area contributed by atoms with Crippen LogP contribution in [0.5, 0.6) is 0 Å². The molecule has 11 nitrogen and oxygen atoms in total. The van der Waals surface area contributed by atoms with Crippen LogP contribution in [0, 0.1) is 0 Å². The molecule has 2 aromatic rings. The normalized spacial score (nSPS) is 26.0. The number of ketones is 1. The van der Waals surface area contributed by atoms with Crippen LogP contribution in [0.3, 0.4) is 0 Å². The van der Waals surface area contributed by atoms with Gasteiger partial charge in [0, 0.05) is 62.9 Å². The largest absolute Gasteiger partial charge is 0.383 e. The smallest absolute Gasteiger partial charge is 0.252 e. The highest BCUT2D eigenvalue weighted by molar-refractivity contribution is 7.14. The number of likely N-dealkylation sites (tertiary alicyclic amines) is 1. The van der Waals surface area contributed by atoms with Gasteiger partial charge in [-0.15, -0.1) is 11.3 Å². The highest BCUT2D eigenvalue weighted by Gasteiger charge is 2.55. The van der Waals surface area contributed by atoms with Gasteiger partial charge >= 0.3 is 0 Å². The lowest BCUT2D eigenvalue weighted by atomic mass is 9.80. The number of piperazine rings is 1. The number of benzene rings is 1. The quantitative estimate of drug-likeness (QED) is 0.466. The molecule has 0 bridgehead atoms. The Kier molecular flexibility index (Phi) is 8.60. The standard InChI is InChI=1S/C30H40N6O5S/c1-40-16-15-34-11-13-35(14-12-34)29-32-23(19-42-29)20-5-7-21(8-6-20)27(38)33-30(9-3-2-4-10-30)28(39)36-17-22(31)26-25(36)24(37)18-41-26/h5-8,19,22,25-26H,2-4,9-18,31H2,1H3,(H,33,38)/t22-,25+,26+/m0/s1. The summed E-state index contributed by atoms with van der Waals surface area (Å²) in [6, 6.07) is 6.32. The second-order valence-corrected chi connectivity index (χ2v) is 12.7. The zero-order valence-electron chi connectivity index (χ0n) is 24.1. The first-order valence-corrected chi connectivity index (χ1v) is 15.8. The Balaban J connectivity index is 1.12. The first-order valence-electron chi connectivity index (χ1n) is 14.9. The molecule has 1 aromatic carbocycles. The maximum absolute atomic E-state index is 14.0. The number of nitrogens with zero attached hydrogens (tertiary/aromatic N) is 4. The number of ether oxygens (including phenoxy) is 2. The second kappa shape index (κ2) is 12.4. The molecule has 3 atom stereocenters. The fraction of sp³-hybridized carbons (Fsp3) is 0.600. The van der Waals surface area contributed by atoms with Crippen molar-refractivity contribution < 1.29 is 23.9 Å². The highest BCUT2D eigenvalue weighted by Crippen LogP contribution is 2.35. The van der Waals surface area contributed by atoms with Gasteiger partial charge in [-0.2, -0.15) is 0 Å². The van der Waals surface area contributed by atoms with Crippen molar-refractivity contribution in [3.8, 4) is 11.3 Å². The van der Waals surface area contributed by atoms with Gasteiger partial charge in [0.15, 0.2) is 10.9 Å². The van der Waals surface area contributed by atoms with Gasteiger partial charge in [-0.05, 0) is 25.0 Å². The summed E-state index contributed by atoms with van der Waals surface area (Å²) < 4.78 is 10.8. The second-order valence-electron chi connectivity index (χ2n) is 11.8. The number of thiazole rings is 1. The molecule has 3 aliphatic heterocycles. The van der Waals surface area contributed by atoms with Gasteiger partial charge in [-0.1, -0.05) is 31.4 Å². The molecule has 6 rings (SSSR count). The van der Waals surface area contributed by atoms with E-state index >= 15 is 0 Å². The van der Waals surface area contributed by atoms with E-state index in [1.54, 1.807) is 35.5 Å². The Morgan fingerprint density at radius 2 is 1.88 bits per heavy atom. The summed E-state index contributed by atoms with van der Waals surface area (Å²) in [5.41, 5.74) is 7.48. The molecule has 2 amide bonds. The number of amides is 2. The third kappa shape index (κ3) is 5.70. The van der Waals surface area contributed by atoms with Crippen molar-refractivity contribution in [2.45, 2.75) is 55.8 Å². The van der Waals surface area contributed by atoms with Gasteiger partial charge in [0.2, 0.25) is 5.91 Å². The lowest BCUT2D eigenvalue weighted by Gasteiger charge is -2.40. The van der Waals surface area contributed by atoms with E-state index in [-0.39, 0.29) is 30.7 Å². The highest BCUT2D eigenvalue weighted by atomic mass is 32.1. The van der Waals surface area contributed by atoms with Crippen LogP contribution in [-0.2, 0) is 19.1 Å². The van der Waals surface area contributed by atoms with E-state index in [1.165, 1.54) is 0 Å². The molecule has 3 saturated heterocycles. The summed E-state index contributed by atoms with van der Waals surface area (Å²) in [5.74, 6) is -0.636. The number of carbonyl (C=O) groups excluding carboxylic acids is 3. The average molecular weight is 597 g/mol. The van der Waals surface area contributed by atoms with Crippen LogP contribution >= 0.6 is 11.3 Å². The molecule has 1 saturated carbocycles. The Morgan fingerprint density at radius 3 is 2.60 bits per heavy atom. The molecule has 0 spiro atoms. The molecule has 226 valence electrons. The third-order valence-electron chi connectivity index (χ3n) is 9.14. The maximum atomic E-state index is 14.0. The summed E-state index contributed by atoms with van der Waals surface area (Å²) in [5, 5.41) is 6.16. The Morgan fingerprint density at radius 1 is 1.14 bits per heavy atom. The van der Waals surface area contributed by atoms with Gasteiger partial charge in [-0.25, -0.2) is 4.98 Å². The summed E-state index contributed by atoms with van der Waals surface area (Å²) in [7, 11) is 1.73. The Bertz CT molecular complexity index is 1290. The monoisotopic (exact) mass is 596 g/mol. The van der Waals surface area contributed by atoms with Crippen molar-refractivity contribution in [1.29, 1.82) is 0 Å². The molecule has 0 radical (unpaired) electrons. The SMILES string of the molecule is COCCN1CCN(c2nc(-c3ccc(C(=O)NC4(C(=O)N5C[C@H](N)[C@H]6OCC(=O)[C@H]65)CCCCC4)cc3)cs2)CC1. The molecule has 4 heterocycles. The van der Waals surface area contributed by atoms with Crippen LogP contribution in [0.1, 0.15) is 42.5 Å². The molecule has 4 aliphatic rings. The minimum Gasteiger partial charge on any atom is -0.383 e. The molecule has 0 unspecified atom stereocenters. The van der Waals surface area contributed by atoms with Gasteiger partial charge in [0.1, 0.15) is 24.3 Å². The van der Waals surface area contributed by atoms with Crippen molar-refractivity contribution >= 4 is 34.1 Å². The van der Waals surface area contributed by atoms with Crippen molar-refractivity contribution in [3.05, 3.63) is 35.2 Å². The van der Waals surface area contributed by atoms with Gasteiger partial charge in [-0.3, -0.25) is 19.3 Å². The number of aromatic nitrogens is 1. The van der Waals surface area contributed by atoms with E-state index < -0.39 is 23.7 Å². The Hall–Kier alpha value is -2.90. The Labute approximate surface area is 250 Å². The number of nitrogens with two attached hydrogens (primary N) is 1. The average Bonchev–Trinajstić information content (AvgIpc) is 3.74. The summed E-state index contributed by atoms with van der Waals surface area (Å²) in [6.07, 6.45) is 3.27. The topological polar surface area (TPSA) is 130 Å². The lowest BCUT2D eigenvalue weighted by Crippen LogP contribution is -2.62. The van der Waals surface area contributed by atoms with Gasteiger partial charge in [0.05, 0.1) is 18.3 Å². The van der Waals surface area contributed by atoms with E-state index in [9.17, 15) is 14.4 Å². The summed E-state index contributed by atoms with van der Waals surface area (Å²) >= 11 is 1.63. The van der Waals surface area contributed by atoms with Crippen LogP contribution in [-0.4, -0.2) is 116 Å². The molecule has 4 fully saturated rings. The molecule has 1 aliphatic carbocycles. The number of nitrogens with one attached hydrogen (secondary N) is 1. The first-order chi connectivity index (χ1) is 20.4. The molecule has 42 heavy (non-hydrogen) atoms. The van der Waals surface area contributed by atoms with E-state index in [0.717, 1.165) is 75.0 Å². The van der Waals surface area contributed by atoms with Gasteiger partial charge < -0.3 is 30.3 Å². The first kappa shape index (κ1) is 29.2. The number of Topliss-reactive ketones (excluding diaryl/α,β-unsaturated/α-hetero) is 1. The minimum atomic E-state index is -1.05. The number of methoxy groups -OCH3 is 1. The number of carbonyl (C=O) groups is 3. The minimum absolute atomic E-state index is 0.0233. The van der Waals surface area contributed by atoms with Crippen LogP contribution in [0.2, 0.25) is 0 Å². The molecular formula is C30H40N6O5S. The van der Waals surface area contributed by atoms with E-state index in [4.69, 9.17) is 20.2 Å². The van der Waals surface area contributed by atoms with Crippen molar-refractivity contribution in [3.63, 3.8) is 0 Å². The molecule has 3 N–H and O–H groups in total. The fourth-order valence-electron chi connectivity index (χ4n) is 6.73. The van der Waals surface area contributed by atoms with E-state index in [2.05, 4.69) is 20.5 Å². The fourth-order valence-corrected chi connectivity index (χ4v) is 7.62. The summed E-state index contributed by atoms with van der Waals surface area (Å²) in [6.45, 7) is 5.77. The van der Waals surface area contributed by atoms with E-state index in [0.29, 0.717) is 18.4 Å².